The number of nitrogens with zero attached hydrogens (tertiary/aromatic N) is 2. The summed E-state index contributed by atoms with van der Waals surface area (Å²) in [6.07, 6.45) is 4.86. The minimum absolute atomic E-state index is 0.0222. The number of hydrogen-bond acceptors (Lipinski definition) is 5. The van der Waals surface area contributed by atoms with Gasteiger partial charge in [-0.1, -0.05) is 47.3 Å². The van der Waals surface area contributed by atoms with Crippen LogP contribution in [0.3, 0.4) is 0 Å². The van der Waals surface area contributed by atoms with Crippen LogP contribution in [-0.2, 0) is 11.3 Å². The summed E-state index contributed by atoms with van der Waals surface area (Å²) in [7, 11) is 0. The number of aromatic hydroxyl groups is 1. The summed E-state index contributed by atoms with van der Waals surface area (Å²) in [5, 5.41) is 21.2. The number of amides is 1. The van der Waals surface area contributed by atoms with E-state index in [2.05, 4.69) is 26.2 Å². The lowest BCUT2D eigenvalue weighted by atomic mass is 9.88. The Hall–Kier alpha value is -2.68. The smallest absolute Gasteiger partial charge is 0.322 e. The number of carboxylic acid groups (broad SMARTS) is 1. The highest BCUT2D eigenvalue weighted by Gasteiger charge is 2.27. The molecule has 0 spiro atoms. The average Bonchev–Trinajstić information content (AvgIpc) is 2.70. The molecule has 0 radical (unpaired) electrons. The minimum atomic E-state index is -1.25. The molecule has 0 aliphatic heterocycles. The molecule has 8 nitrogen and oxygen atoms in total. The van der Waals surface area contributed by atoms with Crippen molar-refractivity contribution >= 4 is 27.8 Å². The Morgan fingerprint density at radius 2 is 1.83 bits per heavy atom. The van der Waals surface area contributed by atoms with E-state index in [0.29, 0.717) is 5.82 Å². The van der Waals surface area contributed by atoms with E-state index in [4.69, 9.17) is 5.11 Å². The highest BCUT2D eigenvalue weighted by Crippen LogP contribution is 2.32. The molecule has 1 aliphatic carbocycles. The number of rotatable bonds is 6. The Balaban J connectivity index is 2.05. The average molecular weight is 464 g/mol. The maximum atomic E-state index is 13.2. The molecule has 2 aromatic rings. The van der Waals surface area contributed by atoms with Gasteiger partial charge in [0.05, 0.1) is 6.54 Å². The maximum absolute atomic E-state index is 13.2. The number of carboxylic acids is 1. The summed E-state index contributed by atoms with van der Waals surface area (Å²) < 4.78 is 2.33. The van der Waals surface area contributed by atoms with Crippen LogP contribution < -0.4 is 10.9 Å². The van der Waals surface area contributed by atoms with E-state index in [1.165, 1.54) is 4.57 Å². The lowest BCUT2D eigenvalue weighted by molar-refractivity contribution is -0.135. The first-order valence-electron chi connectivity index (χ1n) is 9.45. The van der Waals surface area contributed by atoms with Crippen molar-refractivity contribution in [1.29, 1.82) is 0 Å². The van der Waals surface area contributed by atoms with Gasteiger partial charge in [-0.15, -0.1) is 0 Å². The third-order valence-electron chi connectivity index (χ3n) is 5.03. The molecule has 3 N–H and O–H groups in total. The predicted octanol–water partition coefficient (Wildman–Crippen LogP) is 2.62. The van der Waals surface area contributed by atoms with Gasteiger partial charge in [0.25, 0.3) is 11.5 Å². The molecule has 3 rings (SSSR count). The fourth-order valence-corrected chi connectivity index (χ4v) is 3.86. The lowest BCUT2D eigenvalue weighted by Gasteiger charge is -2.25. The Bertz CT molecular complexity index is 965. The minimum Gasteiger partial charge on any atom is -0.493 e. The third kappa shape index (κ3) is 5.03. The van der Waals surface area contributed by atoms with Crippen LogP contribution in [0.5, 0.6) is 5.88 Å². The molecular formula is C20H22BrN3O5. The van der Waals surface area contributed by atoms with E-state index in [1.807, 2.05) is 24.3 Å². The summed E-state index contributed by atoms with van der Waals surface area (Å²) >= 11 is 3.38. The van der Waals surface area contributed by atoms with Gasteiger partial charge < -0.3 is 15.5 Å². The van der Waals surface area contributed by atoms with Crippen molar-refractivity contribution in [2.75, 3.05) is 6.54 Å². The first-order chi connectivity index (χ1) is 13.9. The Kier molecular flexibility index (Phi) is 6.68. The van der Waals surface area contributed by atoms with Gasteiger partial charge in [0.2, 0.25) is 5.88 Å². The second-order valence-electron chi connectivity index (χ2n) is 7.10. The third-order valence-corrected chi connectivity index (χ3v) is 5.56. The number of benzene rings is 1. The van der Waals surface area contributed by atoms with E-state index in [-0.39, 0.29) is 12.5 Å². The Morgan fingerprint density at radius 1 is 1.17 bits per heavy atom. The molecule has 9 heteroatoms. The van der Waals surface area contributed by atoms with Gasteiger partial charge in [-0.3, -0.25) is 19.0 Å². The van der Waals surface area contributed by atoms with Gasteiger partial charge in [-0.25, -0.2) is 0 Å². The van der Waals surface area contributed by atoms with Gasteiger partial charge in [0.15, 0.2) is 5.56 Å². The normalized spacial score (nSPS) is 14.5. The fraction of sp³-hybridized carbons (Fsp3) is 0.400. The number of hydrogen-bond donors (Lipinski definition) is 3. The van der Waals surface area contributed by atoms with Crippen molar-refractivity contribution in [3.05, 3.63) is 56.0 Å². The maximum Gasteiger partial charge on any atom is 0.322 e. The topological polar surface area (TPSA) is 122 Å². The van der Waals surface area contributed by atoms with E-state index in [1.54, 1.807) is 0 Å². The van der Waals surface area contributed by atoms with Crippen molar-refractivity contribution < 1.29 is 19.8 Å². The van der Waals surface area contributed by atoms with Gasteiger partial charge >= 0.3 is 5.97 Å². The van der Waals surface area contributed by atoms with Crippen LogP contribution in [-0.4, -0.2) is 38.2 Å². The Labute approximate surface area is 175 Å². The molecule has 1 fully saturated rings. The van der Waals surface area contributed by atoms with Crippen LogP contribution in [0.2, 0.25) is 0 Å². The number of halogens is 1. The van der Waals surface area contributed by atoms with Crippen LogP contribution in [0.1, 0.15) is 59.8 Å². The standard InChI is InChI=1S/C20H22BrN3O5/c21-14-8-6-12(7-9-14)11-24-17(13-4-2-1-3-5-13)23-19(28)16(20(24)29)18(27)22-10-15(25)26/h6-9,13,28H,1-5,10-11H2,(H,22,27)(H,25,26). The summed E-state index contributed by atoms with van der Waals surface area (Å²) in [5.74, 6) is -2.38. The molecule has 1 heterocycles. The second-order valence-corrected chi connectivity index (χ2v) is 8.01. The van der Waals surface area contributed by atoms with Crippen molar-refractivity contribution in [3.8, 4) is 5.88 Å². The van der Waals surface area contributed by atoms with E-state index in [9.17, 15) is 19.5 Å². The molecule has 0 atom stereocenters. The SMILES string of the molecule is O=C(O)CNC(=O)c1c(O)nc(C2CCCCC2)n(Cc2ccc(Br)cc2)c1=O. The molecule has 1 aliphatic rings. The predicted molar refractivity (Wildman–Crippen MR) is 109 cm³/mol. The summed E-state index contributed by atoms with van der Waals surface area (Å²) in [4.78, 5) is 40.4. The van der Waals surface area contributed by atoms with Crippen LogP contribution in [0, 0.1) is 0 Å². The number of carbonyl (C=O) groups excluding carboxylic acids is 1. The van der Waals surface area contributed by atoms with E-state index < -0.39 is 35.4 Å². The number of aliphatic carboxylic acids is 1. The van der Waals surface area contributed by atoms with E-state index >= 15 is 0 Å². The summed E-state index contributed by atoms with van der Waals surface area (Å²) in [5.41, 5.74) is -0.372. The summed E-state index contributed by atoms with van der Waals surface area (Å²) in [6, 6.07) is 7.43. The molecule has 1 aromatic heterocycles. The zero-order valence-corrected chi connectivity index (χ0v) is 17.3. The van der Waals surface area contributed by atoms with Crippen molar-refractivity contribution in [2.45, 2.75) is 44.6 Å². The monoisotopic (exact) mass is 463 g/mol. The highest BCUT2D eigenvalue weighted by molar-refractivity contribution is 9.10. The van der Waals surface area contributed by atoms with Gasteiger partial charge in [-0.05, 0) is 30.5 Å². The van der Waals surface area contributed by atoms with Crippen LogP contribution in [0.15, 0.2) is 33.5 Å². The molecular weight excluding hydrogens is 442 g/mol. The molecule has 0 saturated heterocycles. The lowest BCUT2D eigenvalue weighted by Crippen LogP contribution is -2.38. The Morgan fingerprint density at radius 3 is 2.45 bits per heavy atom. The van der Waals surface area contributed by atoms with Crippen molar-refractivity contribution in [2.24, 2.45) is 0 Å². The largest absolute Gasteiger partial charge is 0.493 e. The van der Waals surface area contributed by atoms with Crippen LogP contribution >= 0.6 is 15.9 Å². The first-order valence-corrected chi connectivity index (χ1v) is 10.2. The van der Waals surface area contributed by atoms with Gasteiger partial charge in [-0.2, -0.15) is 4.98 Å². The molecule has 29 heavy (non-hydrogen) atoms. The van der Waals surface area contributed by atoms with Crippen LogP contribution in [0.25, 0.3) is 0 Å². The van der Waals surface area contributed by atoms with Gasteiger partial charge in [0.1, 0.15) is 12.4 Å². The molecule has 1 aromatic carbocycles. The number of aromatic nitrogens is 2. The second kappa shape index (κ2) is 9.21. The highest BCUT2D eigenvalue weighted by atomic mass is 79.9. The fourth-order valence-electron chi connectivity index (χ4n) is 3.60. The molecule has 0 bridgehead atoms. The first kappa shape index (κ1) is 21.0. The van der Waals surface area contributed by atoms with Gasteiger partial charge in [0, 0.05) is 10.4 Å². The molecule has 0 unspecified atom stereocenters. The van der Waals surface area contributed by atoms with Crippen molar-refractivity contribution in [1.82, 2.24) is 14.9 Å². The molecule has 1 saturated carbocycles. The summed E-state index contributed by atoms with van der Waals surface area (Å²) in [6.45, 7) is -0.459. The number of carbonyl (C=O) groups is 2. The van der Waals surface area contributed by atoms with Crippen molar-refractivity contribution in [3.63, 3.8) is 0 Å². The molecule has 154 valence electrons. The van der Waals surface area contributed by atoms with Crippen LogP contribution in [0.4, 0.5) is 0 Å². The zero-order chi connectivity index (χ0) is 21.0. The molecule has 1 amide bonds. The zero-order valence-electron chi connectivity index (χ0n) is 15.7. The quantitative estimate of drug-likeness (QED) is 0.605. The van der Waals surface area contributed by atoms with E-state index in [0.717, 1.165) is 42.1 Å². The number of nitrogens with one attached hydrogen (secondary N) is 1.